The molecule has 0 heterocycles. The summed E-state index contributed by atoms with van der Waals surface area (Å²) in [6.45, 7) is 0. The van der Waals surface area contributed by atoms with Gasteiger partial charge in [-0.15, -0.1) is 0 Å². The van der Waals surface area contributed by atoms with E-state index in [2.05, 4.69) is 5.73 Å². The molecule has 21 heavy (non-hydrogen) atoms. The zero-order valence-corrected chi connectivity index (χ0v) is 13.0. The molecular weight excluding hydrogens is 285 g/mol. The number of aryl methyl sites for hydroxylation is 1. The minimum atomic E-state index is -3.35. The first-order valence-electron chi connectivity index (χ1n) is 6.85. The third kappa shape index (κ3) is 4.18. The van der Waals surface area contributed by atoms with Gasteiger partial charge in [-0.25, -0.2) is 0 Å². The van der Waals surface area contributed by atoms with Crippen LogP contribution in [0.4, 0.5) is 0 Å². The van der Waals surface area contributed by atoms with Gasteiger partial charge in [-0.1, -0.05) is 30.3 Å². The highest BCUT2D eigenvalue weighted by molar-refractivity contribution is 7.58. The van der Waals surface area contributed by atoms with E-state index in [9.17, 15) is 9.46 Å². The van der Waals surface area contributed by atoms with Crippen LogP contribution in [0.3, 0.4) is 0 Å². The van der Waals surface area contributed by atoms with Crippen LogP contribution in [0.15, 0.2) is 54.6 Å². The van der Waals surface area contributed by atoms with Gasteiger partial charge in [0.1, 0.15) is 5.75 Å². The number of ether oxygens (including phenoxy) is 1. The van der Waals surface area contributed by atoms with Crippen molar-refractivity contribution in [3.05, 3.63) is 65.7 Å². The van der Waals surface area contributed by atoms with Crippen molar-refractivity contribution in [1.29, 1.82) is 0 Å². The molecule has 0 aliphatic carbocycles. The number of quaternary nitrogens is 1. The third-order valence-corrected chi connectivity index (χ3v) is 5.69. The van der Waals surface area contributed by atoms with Crippen molar-refractivity contribution in [3.8, 4) is 5.75 Å². The van der Waals surface area contributed by atoms with Crippen molar-refractivity contribution in [1.82, 2.24) is 0 Å². The van der Waals surface area contributed by atoms with Crippen molar-refractivity contribution in [2.75, 3.05) is 13.3 Å². The lowest BCUT2D eigenvalue weighted by Crippen LogP contribution is -2.53. The minimum Gasteiger partial charge on any atom is -0.497 e. The van der Waals surface area contributed by atoms with Gasteiger partial charge in [-0.3, -0.25) is 4.57 Å². The van der Waals surface area contributed by atoms with Crippen LogP contribution in [0, 0.1) is 0 Å². The Morgan fingerprint density at radius 1 is 1.14 bits per heavy atom. The Morgan fingerprint density at radius 2 is 1.76 bits per heavy atom. The molecule has 2 rings (SSSR count). The summed E-state index contributed by atoms with van der Waals surface area (Å²) in [5, 5.41) is 0. The summed E-state index contributed by atoms with van der Waals surface area (Å²) in [5.74, 6) is 0.107. The average Bonchev–Trinajstić information content (AvgIpc) is 2.53. The molecule has 0 saturated heterocycles. The molecule has 5 heteroatoms. The van der Waals surface area contributed by atoms with E-state index in [4.69, 9.17) is 4.74 Å². The molecule has 0 radical (unpaired) electrons. The molecule has 4 N–H and O–H groups in total. The molecule has 0 bridgehead atoms. The predicted molar refractivity (Wildman–Crippen MR) is 83.5 cm³/mol. The van der Waals surface area contributed by atoms with Crippen molar-refractivity contribution >= 4 is 7.37 Å². The number of benzene rings is 2. The molecule has 0 fully saturated rings. The number of hydrogen-bond donors (Lipinski definition) is 2. The summed E-state index contributed by atoms with van der Waals surface area (Å²) in [7, 11) is -1.76. The Balaban J connectivity index is 2.05. The van der Waals surface area contributed by atoms with Crippen molar-refractivity contribution in [2.45, 2.75) is 12.2 Å². The van der Waals surface area contributed by atoms with Crippen molar-refractivity contribution in [2.24, 2.45) is 0 Å². The van der Waals surface area contributed by atoms with Gasteiger partial charge in [-0.2, -0.15) is 0 Å². The van der Waals surface area contributed by atoms with Crippen LogP contribution in [0.2, 0.25) is 0 Å². The summed E-state index contributed by atoms with van der Waals surface area (Å²) in [5.41, 5.74) is 5.72. The molecular formula is C16H21NO3P+. The second-order valence-electron chi connectivity index (χ2n) is 5.00. The fraction of sp³-hybridized carbons (Fsp3) is 0.250. The van der Waals surface area contributed by atoms with E-state index < -0.39 is 13.2 Å². The predicted octanol–water partition coefficient (Wildman–Crippen LogP) is 2.45. The van der Waals surface area contributed by atoms with Gasteiger partial charge in [0.2, 0.25) is 0 Å². The van der Waals surface area contributed by atoms with Crippen LogP contribution in [0.5, 0.6) is 5.75 Å². The summed E-state index contributed by atoms with van der Waals surface area (Å²) >= 11 is 0. The van der Waals surface area contributed by atoms with Crippen LogP contribution in [-0.2, 0) is 11.0 Å². The van der Waals surface area contributed by atoms with Gasteiger partial charge in [0.05, 0.1) is 7.11 Å². The highest BCUT2D eigenvalue weighted by Gasteiger charge is 2.32. The molecule has 0 spiro atoms. The van der Waals surface area contributed by atoms with Gasteiger partial charge >= 0.3 is 0 Å². The van der Waals surface area contributed by atoms with E-state index in [1.165, 1.54) is 0 Å². The second-order valence-corrected chi connectivity index (χ2v) is 7.59. The normalized spacial score (nSPS) is 15.2. The van der Waals surface area contributed by atoms with Crippen LogP contribution in [0.1, 0.15) is 16.9 Å². The fourth-order valence-electron chi connectivity index (χ4n) is 2.15. The molecule has 0 amide bonds. The van der Waals surface area contributed by atoms with Crippen molar-refractivity contribution in [3.63, 3.8) is 0 Å². The van der Waals surface area contributed by atoms with E-state index in [-0.39, 0.29) is 6.16 Å². The van der Waals surface area contributed by atoms with Gasteiger partial charge in [0.25, 0.3) is 7.37 Å². The molecule has 112 valence electrons. The average molecular weight is 306 g/mol. The molecule has 2 aromatic rings. The van der Waals surface area contributed by atoms with E-state index in [1.807, 2.05) is 30.3 Å². The summed E-state index contributed by atoms with van der Waals surface area (Å²) in [4.78, 5) is 10.3. The third-order valence-electron chi connectivity index (χ3n) is 3.55. The van der Waals surface area contributed by atoms with Gasteiger partial charge < -0.3 is 15.4 Å². The zero-order chi connectivity index (χ0) is 15.3. The number of methoxy groups -OCH3 is 1. The lowest BCUT2D eigenvalue weighted by molar-refractivity contribution is -0.397. The molecule has 1 unspecified atom stereocenters. The van der Waals surface area contributed by atoms with Crippen LogP contribution < -0.4 is 10.5 Å². The van der Waals surface area contributed by atoms with Gasteiger partial charge in [-0.05, 0) is 36.2 Å². The maximum atomic E-state index is 12.5. The van der Waals surface area contributed by atoms with E-state index in [0.717, 1.165) is 16.9 Å². The monoisotopic (exact) mass is 306 g/mol. The van der Waals surface area contributed by atoms with Crippen LogP contribution >= 0.6 is 7.37 Å². The van der Waals surface area contributed by atoms with Gasteiger partial charge in [0.15, 0.2) is 5.78 Å². The number of rotatable bonds is 6. The summed E-state index contributed by atoms with van der Waals surface area (Å²) in [6, 6.07) is 16.9. The molecule has 2 aromatic carbocycles. The lowest BCUT2D eigenvalue weighted by atomic mass is 10.2. The SMILES string of the molecule is COc1ccc([C@@H]([NH3+])P(=O)(O)CCc2ccccc2)cc1. The largest absolute Gasteiger partial charge is 0.497 e. The maximum absolute atomic E-state index is 12.5. The molecule has 0 aliphatic heterocycles. The Labute approximate surface area is 125 Å². The number of hydrogen-bond acceptors (Lipinski definition) is 2. The lowest BCUT2D eigenvalue weighted by Gasteiger charge is -2.17. The van der Waals surface area contributed by atoms with E-state index in [1.54, 1.807) is 31.4 Å². The first-order valence-corrected chi connectivity index (χ1v) is 8.77. The standard InChI is InChI=1S/C16H20NO3P/c1-20-15-9-7-14(8-10-15)16(17)21(18,19)12-11-13-5-3-2-4-6-13/h2-10,16H,11-12,17H2,1H3,(H,18,19)/p+1/t16-/m0/s1. The summed E-state index contributed by atoms with van der Waals surface area (Å²) < 4.78 is 17.6. The smallest absolute Gasteiger partial charge is 0.261 e. The van der Waals surface area contributed by atoms with E-state index >= 15 is 0 Å². The molecule has 0 aromatic heterocycles. The quantitative estimate of drug-likeness (QED) is 0.805. The zero-order valence-electron chi connectivity index (χ0n) is 12.1. The first-order chi connectivity index (χ1) is 10.0. The minimum absolute atomic E-state index is 0.233. The Morgan fingerprint density at radius 3 is 2.33 bits per heavy atom. The Hall–Kier alpha value is -1.61. The maximum Gasteiger partial charge on any atom is 0.261 e. The first kappa shape index (κ1) is 15.8. The fourth-order valence-corrected chi connectivity index (χ4v) is 3.68. The molecule has 4 nitrogen and oxygen atoms in total. The van der Waals surface area contributed by atoms with Crippen LogP contribution in [0.25, 0.3) is 0 Å². The Kier molecular flexibility index (Phi) is 5.18. The summed E-state index contributed by atoms with van der Waals surface area (Å²) in [6.07, 6.45) is 0.813. The highest BCUT2D eigenvalue weighted by Crippen LogP contribution is 2.51. The topological polar surface area (TPSA) is 74.2 Å². The second kappa shape index (κ2) is 6.90. The molecule has 0 aliphatic rings. The van der Waals surface area contributed by atoms with E-state index in [0.29, 0.717) is 6.42 Å². The highest BCUT2D eigenvalue weighted by atomic mass is 31.2. The molecule has 0 saturated carbocycles. The Bertz CT molecular complexity index is 613. The molecule has 2 atom stereocenters. The van der Waals surface area contributed by atoms with Crippen LogP contribution in [-0.4, -0.2) is 18.2 Å². The van der Waals surface area contributed by atoms with Gasteiger partial charge in [0, 0.05) is 11.7 Å². The van der Waals surface area contributed by atoms with Crippen molar-refractivity contribution < 1.29 is 19.9 Å².